The van der Waals surface area contributed by atoms with Gasteiger partial charge in [0.25, 0.3) is 5.91 Å². The minimum atomic E-state index is -1.70. The summed E-state index contributed by atoms with van der Waals surface area (Å²) in [5.41, 5.74) is 1.49. The van der Waals surface area contributed by atoms with E-state index in [4.69, 9.17) is 4.52 Å². The number of hydrogen-bond donors (Lipinski definition) is 3. The summed E-state index contributed by atoms with van der Waals surface area (Å²) in [4.78, 5) is 27.3. The molecule has 5 rings (SSSR count). The maximum absolute atomic E-state index is 12.3. The number of aromatic amines is 1. The van der Waals surface area contributed by atoms with Gasteiger partial charge in [0.2, 0.25) is 11.5 Å². The first-order valence-corrected chi connectivity index (χ1v) is 10.5. The van der Waals surface area contributed by atoms with Gasteiger partial charge in [0.15, 0.2) is 5.76 Å². The number of aromatic nitrogens is 6. The van der Waals surface area contributed by atoms with Crippen LogP contribution in [0, 0.1) is 0 Å². The molecule has 168 valence electrons. The molecule has 11 heteroatoms. The molecule has 4 aromatic rings. The van der Waals surface area contributed by atoms with E-state index in [1.165, 1.54) is 4.90 Å². The van der Waals surface area contributed by atoms with Gasteiger partial charge >= 0.3 is 0 Å². The summed E-state index contributed by atoms with van der Waals surface area (Å²) < 4.78 is 5.34. The van der Waals surface area contributed by atoms with Crippen molar-refractivity contribution in [2.75, 3.05) is 18.9 Å². The standard InChI is InChI=1S/C22H22N8O3/c1-13(14-11-24-25-12-14)26-21-23-8-6-17(28-21)15-4-3-5-16(27-15)18-10-19(33-29-18)22(32)7-9-30(2)20(22)31/h3-6,8,10-13,32H,7,9H2,1-2H3,(H,24,25)(H,23,26,28)/t13-,22?/m0/s1. The van der Waals surface area contributed by atoms with Crippen molar-refractivity contribution in [1.82, 2.24) is 35.2 Å². The lowest BCUT2D eigenvalue weighted by atomic mass is 9.98. The maximum Gasteiger partial charge on any atom is 0.262 e. The highest BCUT2D eigenvalue weighted by molar-refractivity contribution is 5.87. The van der Waals surface area contributed by atoms with Crippen LogP contribution in [-0.4, -0.2) is 59.8 Å². The number of H-pyrrole nitrogens is 1. The largest absolute Gasteiger partial charge is 0.373 e. The van der Waals surface area contributed by atoms with E-state index in [2.05, 4.69) is 35.6 Å². The molecule has 1 fully saturated rings. The number of anilines is 1. The van der Waals surface area contributed by atoms with E-state index < -0.39 is 11.5 Å². The molecular formula is C22H22N8O3. The van der Waals surface area contributed by atoms with Gasteiger partial charge in [0, 0.05) is 44.0 Å². The van der Waals surface area contributed by atoms with Crippen molar-refractivity contribution in [3.05, 3.63) is 60.2 Å². The fraction of sp³-hybridized carbons (Fsp3) is 0.273. The SMILES string of the molecule is C[C@H](Nc1nccc(-c2cccc(-c3cc(C4(O)CCN(C)C4=O)on3)n2)n1)c1cn[nH]c1. The predicted molar refractivity (Wildman–Crippen MR) is 118 cm³/mol. The van der Waals surface area contributed by atoms with Gasteiger partial charge in [-0.3, -0.25) is 9.89 Å². The monoisotopic (exact) mass is 446 g/mol. The third-order valence-electron chi connectivity index (χ3n) is 5.72. The van der Waals surface area contributed by atoms with Crippen LogP contribution in [0.15, 0.2) is 53.4 Å². The molecule has 1 amide bonds. The number of amides is 1. The number of hydrogen-bond acceptors (Lipinski definition) is 9. The number of carbonyl (C=O) groups excluding carboxylic acids is 1. The average Bonchev–Trinajstić information content (AvgIpc) is 3.59. The average molecular weight is 446 g/mol. The second kappa shape index (κ2) is 8.10. The van der Waals surface area contributed by atoms with Crippen molar-refractivity contribution in [3.63, 3.8) is 0 Å². The molecule has 33 heavy (non-hydrogen) atoms. The van der Waals surface area contributed by atoms with Crippen LogP contribution in [0.5, 0.6) is 0 Å². The van der Waals surface area contributed by atoms with Crippen LogP contribution in [0.1, 0.15) is 30.7 Å². The Labute approximate surface area is 188 Å². The smallest absolute Gasteiger partial charge is 0.262 e. The van der Waals surface area contributed by atoms with E-state index in [9.17, 15) is 9.90 Å². The molecule has 4 aromatic heterocycles. The van der Waals surface area contributed by atoms with Gasteiger partial charge in [-0.25, -0.2) is 15.0 Å². The summed E-state index contributed by atoms with van der Waals surface area (Å²) in [7, 11) is 1.64. The van der Waals surface area contributed by atoms with Crippen molar-refractivity contribution >= 4 is 11.9 Å². The first-order valence-electron chi connectivity index (χ1n) is 10.5. The summed E-state index contributed by atoms with van der Waals surface area (Å²) in [5, 5.41) is 24.8. The number of rotatable bonds is 6. The van der Waals surface area contributed by atoms with Crippen LogP contribution < -0.4 is 5.32 Å². The van der Waals surface area contributed by atoms with Gasteiger partial charge < -0.3 is 19.8 Å². The quantitative estimate of drug-likeness (QED) is 0.405. The minimum absolute atomic E-state index is 0.0324. The molecule has 0 aromatic carbocycles. The minimum Gasteiger partial charge on any atom is -0.373 e. The van der Waals surface area contributed by atoms with Crippen molar-refractivity contribution in [3.8, 4) is 22.8 Å². The molecule has 1 aliphatic heterocycles. The molecule has 3 N–H and O–H groups in total. The Kier molecular flexibility index (Phi) is 5.09. The number of likely N-dealkylation sites (N-methyl/N-ethyl adjacent to an activating group) is 1. The zero-order valence-corrected chi connectivity index (χ0v) is 18.1. The third kappa shape index (κ3) is 3.82. The van der Waals surface area contributed by atoms with E-state index in [1.807, 2.05) is 25.3 Å². The molecule has 0 bridgehead atoms. The van der Waals surface area contributed by atoms with Crippen LogP contribution in [0.25, 0.3) is 22.8 Å². The lowest BCUT2D eigenvalue weighted by Crippen LogP contribution is -2.35. The van der Waals surface area contributed by atoms with Gasteiger partial charge in [-0.15, -0.1) is 0 Å². The Morgan fingerprint density at radius 1 is 1.21 bits per heavy atom. The van der Waals surface area contributed by atoms with Crippen LogP contribution in [-0.2, 0) is 10.4 Å². The summed E-state index contributed by atoms with van der Waals surface area (Å²) in [5.74, 6) is 0.168. The number of pyridine rings is 1. The van der Waals surface area contributed by atoms with Gasteiger partial charge in [0.1, 0.15) is 5.69 Å². The summed E-state index contributed by atoms with van der Waals surface area (Å²) >= 11 is 0. The molecule has 1 unspecified atom stereocenters. The molecule has 0 saturated carbocycles. The van der Waals surface area contributed by atoms with Gasteiger partial charge in [-0.2, -0.15) is 5.10 Å². The Bertz CT molecular complexity index is 1290. The number of nitrogens with one attached hydrogen (secondary N) is 2. The van der Waals surface area contributed by atoms with E-state index in [0.29, 0.717) is 35.3 Å². The topological polar surface area (TPSA) is 146 Å². The molecule has 0 spiro atoms. The maximum atomic E-state index is 12.3. The lowest BCUT2D eigenvalue weighted by Gasteiger charge is -2.16. The first-order chi connectivity index (χ1) is 15.9. The van der Waals surface area contributed by atoms with Gasteiger partial charge in [0.05, 0.1) is 29.3 Å². The van der Waals surface area contributed by atoms with Crippen molar-refractivity contribution in [2.45, 2.75) is 25.0 Å². The lowest BCUT2D eigenvalue weighted by molar-refractivity contribution is -0.144. The van der Waals surface area contributed by atoms with Crippen molar-refractivity contribution < 1.29 is 14.4 Å². The molecule has 1 saturated heterocycles. The molecular weight excluding hydrogens is 424 g/mol. The normalized spacial score (nSPS) is 19.1. The second-order valence-electron chi connectivity index (χ2n) is 7.98. The van der Waals surface area contributed by atoms with Crippen molar-refractivity contribution in [2.24, 2.45) is 0 Å². The molecule has 11 nitrogen and oxygen atoms in total. The highest BCUT2D eigenvalue weighted by Crippen LogP contribution is 2.34. The second-order valence-corrected chi connectivity index (χ2v) is 7.98. The first kappa shape index (κ1) is 20.8. The Morgan fingerprint density at radius 3 is 2.73 bits per heavy atom. The number of nitrogens with zero attached hydrogens (tertiary/aromatic N) is 6. The van der Waals surface area contributed by atoms with E-state index in [0.717, 1.165) is 5.56 Å². The zero-order chi connectivity index (χ0) is 23.0. The highest BCUT2D eigenvalue weighted by atomic mass is 16.5. The third-order valence-corrected chi connectivity index (χ3v) is 5.72. The van der Waals surface area contributed by atoms with Crippen molar-refractivity contribution in [1.29, 1.82) is 0 Å². The zero-order valence-electron chi connectivity index (χ0n) is 18.1. The van der Waals surface area contributed by atoms with Gasteiger partial charge in [-0.05, 0) is 25.1 Å². The van der Waals surface area contributed by atoms with Gasteiger partial charge in [-0.1, -0.05) is 11.2 Å². The fourth-order valence-corrected chi connectivity index (χ4v) is 3.74. The highest BCUT2D eigenvalue weighted by Gasteiger charge is 2.48. The van der Waals surface area contributed by atoms with Crippen LogP contribution in [0.3, 0.4) is 0 Å². The Balaban J connectivity index is 1.39. The molecule has 2 atom stereocenters. The molecule has 1 aliphatic rings. The number of carbonyl (C=O) groups is 1. The Morgan fingerprint density at radius 2 is 2.00 bits per heavy atom. The number of likely N-dealkylation sites (tertiary alicyclic amines) is 1. The van der Waals surface area contributed by atoms with E-state index in [-0.39, 0.29) is 18.2 Å². The Hall–Kier alpha value is -4.12. The van der Waals surface area contributed by atoms with Crippen LogP contribution >= 0.6 is 0 Å². The molecule has 0 aliphatic carbocycles. The predicted octanol–water partition coefficient (Wildman–Crippen LogP) is 2.14. The summed E-state index contributed by atoms with van der Waals surface area (Å²) in [6, 6.07) is 8.73. The van der Waals surface area contributed by atoms with E-state index in [1.54, 1.807) is 37.6 Å². The number of aliphatic hydroxyl groups is 1. The van der Waals surface area contributed by atoms with E-state index >= 15 is 0 Å². The molecule has 0 radical (unpaired) electrons. The summed E-state index contributed by atoms with van der Waals surface area (Å²) in [6.45, 7) is 2.44. The van der Waals surface area contributed by atoms with Crippen LogP contribution in [0.2, 0.25) is 0 Å². The fourth-order valence-electron chi connectivity index (χ4n) is 3.74. The summed E-state index contributed by atoms with van der Waals surface area (Å²) in [6.07, 6.45) is 5.46. The molecule has 5 heterocycles. The van der Waals surface area contributed by atoms with Crippen LogP contribution in [0.4, 0.5) is 5.95 Å².